The van der Waals surface area contributed by atoms with Crippen LogP contribution in [0.3, 0.4) is 0 Å². The van der Waals surface area contributed by atoms with E-state index in [1.54, 1.807) is 13.2 Å². The maximum absolute atomic E-state index is 5.84. The van der Waals surface area contributed by atoms with Gasteiger partial charge in [-0.25, -0.2) is 9.97 Å². The van der Waals surface area contributed by atoms with Crippen molar-refractivity contribution < 1.29 is 4.74 Å². The predicted molar refractivity (Wildman–Crippen MR) is 59.3 cm³/mol. The zero-order valence-corrected chi connectivity index (χ0v) is 9.44. The highest BCUT2D eigenvalue weighted by atomic mass is 35.5. The summed E-state index contributed by atoms with van der Waals surface area (Å²) in [5.74, 6) is 0.898. The van der Waals surface area contributed by atoms with E-state index >= 15 is 0 Å². The summed E-state index contributed by atoms with van der Waals surface area (Å²) in [6.45, 7) is 1.75. The third-order valence-electron chi connectivity index (χ3n) is 2.65. The Balaban J connectivity index is 2.15. The Morgan fingerprint density at radius 3 is 3.20 bits per heavy atom. The lowest BCUT2D eigenvalue weighted by molar-refractivity contribution is 0.180. The van der Waals surface area contributed by atoms with Gasteiger partial charge in [0.25, 0.3) is 0 Å². The van der Waals surface area contributed by atoms with Crippen molar-refractivity contribution in [2.75, 3.05) is 25.2 Å². The number of hydrogen-bond donors (Lipinski definition) is 0. The standard InChI is InChI=1S/C10H14ClN3O/c1-15-6-8-3-2-4-14(8)10-5-9(11)12-7-13-10/h5,7-8H,2-4,6H2,1H3/t8-/m0/s1. The van der Waals surface area contributed by atoms with Gasteiger partial charge in [-0.3, -0.25) is 0 Å². The van der Waals surface area contributed by atoms with Crippen molar-refractivity contribution in [3.05, 3.63) is 17.5 Å². The normalized spacial score (nSPS) is 20.9. The summed E-state index contributed by atoms with van der Waals surface area (Å²) in [7, 11) is 1.73. The third kappa shape index (κ3) is 2.38. The summed E-state index contributed by atoms with van der Waals surface area (Å²) < 4.78 is 5.19. The largest absolute Gasteiger partial charge is 0.383 e. The van der Waals surface area contributed by atoms with Crippen LogP contribution in [-0.2, 0) is 4.74 Å². The molecule has 15 heavy (non-hydrogen) atoms. The number of nitrogens with zero attached hydrogens (tertiary/aromatic N) is 3. The van der Waals surface area contributed by atoms with Gasteiger partial charge in [0.1, 0.15) is 17.3 Å². The van der Waals surface area contributed by atoms with E-state index in [4.69, 9.17) is 16.3 Å². The topological polar surface area (TPSA) is 38.2 Å². The molecule has 2 heterocycles. The molecule has 1 fully saturated rings. The highest BCUT2D eigenvalue weighted by Crippen LogP contribution is 2.24. The highest BCUT2D eigenvalue weighted by molar-refractivity contribution is 6.29. The number of ether oxygens (including phenoxy) is 1. The molecule has 2 rings (SSSR count). The van der Waals surface area contributed by atoms with Crippen LogP contribution in [0.15, 0.2) is 12.4 Å². The summed E-state index contributed by atoms with van der Waals surface area (Å²) in [6, 6.07) is 2.22. The Morgan fingerprint density at radius 1 is 1.60 bits per heavy atom. The molecule has 4 nitrogen and oxygen atoms in total. The van der Waals surface area contributed by atoms with Gasteiger partial charge in [0.05, 0.1) is 12.6 Å². The Kier molecular flexibility index (Phi) is 3.38. The van der Waals surface area contributed by atoms with E-state index in [1.807, 2.05) is 0 Å². The molecule has 1 aromatic heterocycles. The van der Waals surface area contributed by atoms with Gasteiger partial charge < -0.3 is 9.64 Å². The second-order valence-electron chi connectivity index (χ2n) is 3.64. The van der Waals surface area contributed by atoms with E-state index in [0.29, 0.717) is 11.2 Å². The van der Waals surface area contributed by atoms with Crippen molar-refractivity contribution in [3.63, 3.8) is 0 Å². The number of methoxy groups -OCH3 is 1. The summed E-state index contributed by atoms with van der Waals surface area (Å²) in [6.07, 6.45) is 3.82. The van der Waals surface area contributed by atoms with Crippen molar-refractivity contribution in [3.8, 4) is 0 Å². The van der Waals surface area contributed by atoms with Crippen LogP contribution in [0.5, 0.6) is 0 Å². The minimum absolute atomic E-state index is 0.418. The van der Waals surface area contributed by atoms with Gasteiger partial charge in [0, 0.05) is 19.7 Å². The number of aromatic nitrogens is 2. The Labute approximate surface area is 94.2 Å². The molecular weight excluding hydrogens is 214 g/mol. The molecule has 0 aromatic carbocycles. The lowest BCUT2D eigenvalue weighted by atomic mass is 10.2. The first-order valence-corrected chi connectivity index (χ1v) is 5.42. The van der Waals surface area contributed by atoms with Gasteiger partial charge >= 0.3 is 0 Å². The molecule has 0 saturated carbocycles. The maximum atomic E-state index is 5.84. The molecule has 0 amide bonds. The average molecular weight is 228 g/mol. The molecule has 5 heteroatoms. The fourth-order valence-corrected chi connectivity index (χ4v) is 2.13. The molecule has 0 bridgehead atoms. The molecule has 0 N–H and O–H groups in total. The quantitative estimate of drug-likeness (QED) is 0.738. The average Bonchev–Trinajstić information content (AvgIpc) is 2.66. The maximum Gasteiger partial charge on any atom is 0.134 e. The molecule has 0 aliphatic carbocycles. The number of rotatable bonds is 3. The molecule has 1 aliphatic heterocycles. The van der Waals surface area contributed by atoms with Crippen molar-refractivity contribution in [1.29, 1.82) is 0 Å². The number of anilines is 1. The third-order valence-corrected chi connectivity index (χ3v) is 2.86. The fraction of sp³-hybridized carbons (Fsp3) is 0.600. The fourth-order valence-electron chi connectivity index (χ4n) is 1.98. The van der Waals surface area contributed by atoms with Crippen LogP contribution in [0.1, 0.15) is 12.8 Å². The van der Waals surface area contributed by atoms with Gasteiger partial charge in [-0.1, -0.05) is 11.6 Å². The van der Waals surface area contributed by atoms with Gasteiger partial charge in [-0.05, 0) is 12.8 Å². The van der Waals surface area contributed by atoms with Crippen LogP contribution in [0.25, 0.3) is 0 Å². The molecule has 1 saturated heterocycles. The van der Waals surface area contributed by atoms with E-state index in [9.17, 15) is 0 Å². The second-order valence-corrected chi connectivity index (χ2v) is 4.03. The summed E-state index contributed by atoms with van der Waals surface area (Å²) >= 11 is 5.84. The lowest BCUT2D eigenvalue weighted by Crippen LogP contribution is -2.33. The highest BCUT2D eigenvalue weighted by Gasteiger charge is 2.25. The molecule has 0 radical (unpaired) electrons. The predicted octanol–water partition coefficient (Wildman–Crippen LogP) is 1.75. The van der Waals surface area contributed by atoms with Crippen molar-refractivity contribution in [2.24, 2.45) is 0 Å². The first kappa shape index (κ1) is 10.6. The molecule has 1 aromatic rings. The molecule has 0 unspecified atom stereocenters. The van der Waals surface area contributed by atoms with E-state index in [0.717, 1.165) is 25.4 Å². The second kappa shape index (κ2) is 4.77. The van der Waals surface area contributed by atoms with Gasteiger partial charge in [0.15, 0.2) is 0 Å². The van der Waals surface area contributed by atoms with Crippen LogP contribution < -0.4 is 4.90 Å². The Hall–Kier alpha value is -0.870. The molecular formula is C10H14ClN3O. The van der Waals surface area contributed by atoms with Gasteiger partial charge in [-0.2, -0.15) is 0 Å². The van der Waals surface area contributed by atoms with Gasteiger partial charge in [0.2, 0.25) is 0 Å². The first-order chi connectivity index (χ1) is 7.31. The molecule has 1 aliphatic rings. The molecule has 82 valence electrons. The van der Waals surface area contributed by atoms with E-state index in [2.05, 4.69) is 14.9 Å². The summed E-state index contributed by atoms with van der Waals surface area (Å²) in [4.78, 5) is 10.3. The molecule has 0 spiro atoms. The zero-order chi connectivity index (χ0) is 10.7. The van der Waals surface area contributed by atoms with Crippen molar-refractivity contribution in [1.82, 2.24) is 9.97 Å². The minimum Gasteiger partial charge on any atom is -0.383 e. The van der Waals surface area contributed by atoms with Crippen LogP contribution in [0, 0.1) is 0 Å². The monoisotopic (exact) mass is 227 g/mol. The lowest BCUT2D eigenvalue weighted by Gasteiger charge is -2.24. The zero-order valence-electron chi connectivity index (χ0n) is 8.69. The van der Waals surface area contributed by atoms with Crippen LogP contribution in [0.4, 0.5) is 5.82 Å². The Bertz CT molecular complexity index is 334. The minimum atomic E-state index is 0.418. The first-order valence-electron chi connectivity index (χ1n) is 5.04. The van der Waals surface area contributed by atoms with E-state index < -0.39 is 0 Å². The van der Waals surface area contributed by atoms with E-state index in [-0.39, 0.29) is 0 Å². The SMILES string of the molecule is COC[C@@H]1CCCN1c1cc(Cl)ncn1. The summed E-state index contributed by atoms with van der Waals surface area (Å²) in [5, 5.41) is 0.489. The Morgan fingerprint density at radius 2 is 2.47 bits per heavy atom. The van der Waals surface area contributed by atoms with Crippen molar-refractivity contribution in [2.45, 2.75) is 18.9 Å². The van der Waals surface area contributed by atoms with Gasteiger partial charge in [-0.15, -0.1) is 0 Å². The van der Waals surface area contributed by atoms with E-state index in [1.165, 1.54) is 12.7 Å². The smallest absolute Gasteiger partial charge is 0.134 e. The number of halogens is 1. The summed E-state index contributed by atoms with van der Waals surface area (Å²) in [5.41, 5.74) is 0. The van der Waals surface area contributed by atoms with Crippen LogP contribution in [0.2, 0.25) is 5.15 Å². The molecule has 1 atom stereocenters. The van der Waals surface area contributed by atoms with Crippen LogP contribution >= 0.6 is 11.6 Å². The number of hydrogen-bond acceptors (Lipinski definition) is 4. The van der Waals surface area contributed by atoms with Crippen LogP contribution in [-0.4, -0.2) is 36.3 Å². The van der Waals surface area contributed by atoms with Crippen molar-refractivity contribution >= 4 is 17.4 Å².